The smallest absolute Gasteiger partial charge is 0.427 e. The van der Waals surface area contributed by atoms with Crippen molar-refractivity contribution < 1.29 is 10.0 Å². The largest absolute Gasteiger partial charge is 0.451 e. The Bertz CT molecular complexity index is 580. The Balaban J connectivity index is 2.07. The van der Waals surface area contributed by atoms with Crippen LogP contribution in [0.5, 0.6) is 0 Å². The van der Waals surface area contributed by atoms with Crippen LogP contribution in [0.1, 0.15) is 19.8 Å². The van der Waals surface area contributed by atoms with Crippen LogP contribution in [0.4, 0.5) is 11.4 Å². The molecule has 21 heavy (non-hydrogen) atoms. The first kappa shape index (κ1) is 16.0. The second-order valence-electron chi connectivity index (χ2n) is 6.13. The molecule has 0 unspecified atom stereocenters. The van der Waals surface area contributed by atoms with Crippen LogP contribution >= 0.6 is 0 Å². The molecule has 0 aromatic heterocycles. The van der Waals surface area contributed by atoms with Crippen molar-refractivity contribution in [3.05, 3.63) is 20.4 Å². The van der Waals surface area contributed by atoms with E-state index in [2.05, 4.69) is 5.32 Å². The van der Waals surface area contributed by atoms with E-state index < -0.39 is 23.5 Å². The Hall–Kier alpha value is -1.38. The van der Waals surface area contributed by atoms with Gasteiger partial charge in [0.25, 0.3) is 10.9 Å². The summed E-state index contributed by atoms with van der Waals surface area (Å²) in [7, 11) is 0.327. The molecule has 2 atom stereocenters. The monoisotopic (exact) mass is 295 g/mol. The predicted molar refractivity (Wildman–Crippen MR) is 83.4 cm³/mol. The number of nitrogens with one attached hydrogen (secondary N) is 1. The number of rotatable bonds is 6. The summed E-state index contributed by atoms with van der Waals surface area (Å²) in [6.07, 6.45) is 1.73. The molecule has 1 aromatic rings. The average molecular weight is 295 g/mol. The molecule has 8 heteroatoms. The van der Waals surface area contributed by atoms with Crippen molar-refractivity contribution in [1.29, 1.82) is 0 Å². The van der Waals surface area contributed by atoms with Crippen LogP contribution in [0, 0.1) is 5.92 Å². The number of nitrogens with zero attached hydrogens (tertiary/aromatic N) is 1. The van der Waals surface area contributed by atoms with Crippen LogP contribution in [0.15, 0.2) is 9.59 Å². The van der Waals surface area contributed by atoms with E-state index in [1.54, 1.807) is 7.05 Å². The first-order valence-corrected chi connectivity index (χ1v) is 7.19. The lowest BCUT2D eigenvalue weighted by Gasteiger charge is -2.25. The van der Waals surface area contributed by atoms with Crippen LogP contribution in [0.2, 0.25) is 6.32 Å². The highest BCUT2D eigenvalue weighted by Gasteiger charge is 2.42. The van der Waals surface area contributed by atoms with Crippen molar-refractivity contribution in [3.63, 3.8) is 0 Å². The molecule has 116 valence electrons. The SMILES string of the molecule is CNc1c(N2C[C@H](CCCB(O)O)[C@@](C)(N)C2)c(=O)c1=O. The Kier molecular flexibility index (Phi) is 4.41. The van der Waals surface area contributed by atoms with E-state index in [9.17, 15) is 9.59 Å². The Morgan fingerprint density at radius 3 is 2.67 bits per heavy atom. The van der Waals surface area contributed by atoms with E-state index in [1.807, 2.05) is 11.8 Å². The molecule has 1 saturated heterocycles. The van der Waals surface area contributed by atoms with E-state index in [1.165, 1.54) is 0 Å². The molecule has 0 amide bonds. The number of anilines is 2. The van der Waals surface area contributed by atoms with Gasteiger partial charge in [0.1, 0.15) is 11.4 Å². The molecule has 1 heterocycles. The van der Waals surface area contributed by atoms with E-state index >= 15 is 0 Å². The Morgan fingerprint density at radius 1 is 1.43 bits per heavy atom. The molecule has 0 aliphatic carbocycles. The standard InChI is InChI=1S/C13H22BN3O4/c1-13(15)7-17(6-8(13)4-3-5-14(20)21)10-9(16-2)11(18)12(10)19/h8,16,20-21H,3-7,15H2,1-2H3/t8-,13-/m0/s1. The van der Waals surface area contributed by atoms with Gasteiger partial charge in [-0.1, -0.05) is 6.42 Å². The fourth-order valence-electron chi connectivity index (χ4n) is 3.13. The van der Waals surface area contributed by atoms with E-state index in [-0.39, 0.29) is 5.92 Å². The molecule has 2 rings (SSSR count). The van der Waals surface area contributed by atoms with Crippen molar-refractivity contribution in [2.75, 3.05) is 30.4 Å². The highest BCUT2D eigenvalue weighted by molar-refractivity contribution is 6.40. The molecule has 1 aliphatic heterocycles. The van der Waals surface area contributed by atoms with Gasteiger partial charge in [-0.25, -0.2) is 0 Å². The maximum absolute atomic E-state index is 11.7. The van der Waals surface area contributed by atoms with Crippen molar-refractivity contribution in [2.24, 2.45) is 11.7 Å². The third kappa shape index (κ3) is 2.97. The van der Waals surface area contributed by atoms with Crippen LogP contribution in [0.3, 0.4) is 0 Å². The van der Waals surface area contributed by atoms with Crippen LogP contribution in [-0.4, -0.2) is 42.8 Å². The average Bonchev–Trinajstić information content (AvgIpc) is 2.69. The van der Waals surface area contributed by atoms with Gasteiger partial charge in [0.05, 0.1) is 0 Å². The molecular formula is C13H22BN3O4. The van der Waals surface area contributed by atoms with Crippen LogP contribution in [0.25, 0.3) is 0 Å². The van der Waals surface area contributed by atoms with E-state index in [0.717, 1.165) is 6.42 Å². The highest BCUT2D eigenvalue weighted by Crippen LogP contribution is 2.34. The summed E-state index contributed by atoms with van der Waals surface area (Å²) >= 11 is 0. The fraction of sp³-hybridized carbons (Fsp3) is 0.692. The second-order valence-corrected chi connectivity index (χ2v) is 6.13. The first-order valence-electron chi connectivity index (χ1n) is 7.19. The molecule has 1 aliphatic rings. The molecule has 1 fully saturated rings. The summed E-state index contributed by atoms with van der Waals surface area (Å²) in [5.74, 6) is 0.144. The zero-order valence-electron chi connectivity index (χ0n) is 12.4. The van der Waals surface area contributed by atoms with Crippen molar-refractivity contribution in [3.8, 4) is 0 Å². The second kappa shape index (κ2) is 5.78. The van der Waals surface area contributed by atoms with Gasteiger partial charge in [0.15, 0.2) is 0 Å². The fourth-order valence-corrected chi connectivity index (χ4v) is 3.13. The summed E-state index contributed by atoms with van der Waals surface area (Å²) < 4.78 is 0. The summed E-state index contributed by atoms with van der Waals surface area (Å²) in [6.45, 7) is 3.05. The third-order valence-corrected chi connectivity index (χ3v) is 4.37. The summed E-state index contributed by atoms with van der Waals surface area (Å²) in [4.78, 5) is 25.1. The minimum absolute atomic E-state index is 0.144. The molecule has 0 bridgehead atoms. The zero-order chi connectivity index (χ0) is 15.8. The number of nitrogens with two attached hydrogens (primary N) is 1. The number of hydrogen-bond donors (Lipinski definition) is 4. The third-order valence-electron chi connectivity index (χ3n) is 4.37. The molecule has 0 spiro atoms. The lowest BCUT2D eigenvalue weighted by atomic mass is 9.79. The summed E-state index contributed by atoms with van der Waals surface area (Å²) in [5.41, 5.74) is 5.71. The maximum atomic E-state index is 11.7. The maximum Gasteiger partial charge on any atom is 0.451 e. The lowest BCUT2D eigenvalue weighted by molar-refractivity contribution is 0.343. The summed E-state index contributed by atoms with van der Waals surface area (Å²) in [6, 6.07) is 0. The Labute approximate surface area is 123 Å². The van der Waals surface area contributed by atoms with Crippen LogP contribution in [-0.2, 0) is 0 Å². The molecule has 1 aromatic carbocycles. The molecule has 0 radical (unpaired) electrons. The Morgan fingerprint density at radius 2 is 2.10 bits per heavy atom. The van der Waals surface area contributed by atoms with Gasteiger partial charge in [-0.15, -0.1) is 0 Å². The van der Waals surface area contributed by atoms with E-state index in [0.29, 0.717) is 37.2 Å². The van der Waals surface area contributed by atoms with E-state index in [4.69, 9.17) is 15.8 Å². The first-order chi connectivity index (χ1) is 9.77. The molecule has 7 nitrogen and oxygen atoms in total. The van der Waals surface area contributed by atoms with Crippen molar-refractivity contribution in [2.45, 2.75) is 31.6 Å². The van der Waals surface area contributed by atoms with Gasteiger partial charge in [-0.2, -0.15) is 0 Å². The predicted octanol–water partition coefficient (Wildman–Crippen LogP) is -1.27. The topological polar surface area (TPSA) is 116 Å². The van der Waals surface area contributed by atoms with Gasteiger partial charge in [0, 0.05) is 25.7 Å². The van der Waals surface area contributed by atoms with Gasteiger partial charge in [-0.3, -0.25) is 9.59 Å². The van der Waals surface area contributed by atoms with Crippen molar-refractivity contribution >= 4 is 18.5 Å². The van der Waals surface area contributed by atoms with Gasteiger partial charge in [0.2, 0.25) is 0 Å². The normalized spacial score (nSPS) is 25.6. The highest BCUT2D eigenvalue weighted by atomic mass is 16.4. The minimum Gasteiger partial charge on any atom is -0.427 e. The summed E-state index contributed by atoms with van der Waals surface area (Å²) in [5, 5.41) is 20.6. The quantitative estimate of drug-likeness (QED) is 0.382. The molecular weight excluding hydrogens is 273 g/mol. The zero-order valence-corrected chi connectivity index (χ0v) is 12.4. The van der Waals surface area contributed by atoms with Crippen molar-refractivity contribution in [1.82, 2.24) is 0 Å². The lowest BCUT2D eigenvalue weighted by Crippen LogP contribution is -2.46. The number of hydrogen-bond acceptors (Lipinski definition) is 7. The van der Waals surface area contributed by atoms with Crippen LogP contribution < -0.4 is 26.8 Å². The van der Waals surface area contributed by atoms with Gasteiger partial charge < -0.3 is 26.0 Å². The van der Waals surface area contributed by atoms with Gasteiger partial charge >= 0.3 is 7.12 Å². The van der Waals surface area contributed by atoms with Gasteiger partial charge in [-0.05, 0) is 25.6 Å². The molecule has 5 N–H and O–H groups in total. The molecule has 0 saturated carbocycles. The minimum atomic E-state index is -1.30.